The van der Waals surface area contributed by atoms with Crippen LogP contribution in [0.5, 0.6) is 23.0 Å². The third-order valence-corrected chi connectivity index (χ3v) is 11.0. The highest BCUT2D eigenvalue weighted by molar-refractivity contribution is 6.28. The molecule has 2 unspecified atom stereocenters. The van der Waals surface area contributed by atoms with E-state index in [1.165, 1.54) is 30.5 Å². The van der Waals surface area contributed by atoms with Gasteiger partial charge in [-0.25, -0.2) is 47.5 Å². The molecule has 23 heteroatoms. The molecule has 18 nitrogen and oxygen atoms in total. The van der Waals surface area contributed by atoms with Gasteiger partial charge in [-0.1, -0.05) is 12.1 Å². The van der Waals surface area contributed by atoms with E-state index in [0.717, 1.165) is 23.5 Å². The molecule has 10 rings (SSSR count). The van der Waals surface area contributed by atoms with E-state index in [2.05, 4.69) is 45.2 Å². The Morgan fingerprint density at radius 3 is 1.65 bits per heavy atom. The van der Waals surface area contributed by atoms with Crippen molar-refractivity contribution >= 4 is 40.6 Å². The van der Waals surface area contributed by atoms with E-state index >= 15 is 0 Å². The number of pyridine rings is 2. The summed E-state index contributed by atoms with van der Waals surface area (Å²) in [6.07, 6.45) is 13.3. The molecule has 0 radical (unpaired) electrons. The van der Waals surface area contributed by atoms with Crippen LogP contribution in [-0.4, -0.2) is 90.5 Å². The number of methoxy groups -OCH3 is 2. The maximum Gasteiger partial charge on any atom is 0.229 e. The summed E-state index contributed by atoms with van der Waals surface area (Å²) in [6, 6.07) is 9.61. The Labute approximate surface area is 397 Å². The fourth-order valence-corrected chi connectivity index (χ4v) is 7.45. The molecular weight excluding hydrogens is 924 g/mol. The molecule has 0 saturated carbocycles. The monoisotopic (exact) mass is 966 g/mol. The van der Waals surface area contributed by atoms with Crippen molar-refractivity contribution in [1.29, 1.82) is 0 Å². The van der Waals surface area contributed by atoms with Gasteiger partial charge in [0.15, 0.2) is 46.3 Å². The minimum absolute atomic E-state index is 0.0828. The van der Waals surface area contributed by atoms with E-state index in [9.17, 15) is 17.6 Å². The molecule has 0 bridgehead atoms. The molecule has 6 aromatic heterocycles. The number of nitrogens with one attached hydrogen (secondary N) is 1. The van der Waals surface area contributed by atoms with Crippen molar-refractivity contribution in [3.8, 4) is 34.6 Å². The summed E-state index contributed by atoms with van der Waals surface area (Å²) in [4.78, 5) is 37.3. The molecule has 356 valence electrons. The molecule has 0 fully saturated rings. The molecular formula is C46H43ClF4N14O4. The van der Waals surface area contributed by atoms with Gasteiger partial charge >= 0.3 is 0 Å². The molecule has 2 aliphatic heterocycles. The van der Waals surface area contributed by atoms with Crippen LogP contribution in [0.2, 0.25) is 5.28 Å². The number of anilines is 5. The van der Waals surface area contributed by atoms with Gasteiger partial charge in [0.2, 0.25) is 11.2 Å². The number of nitrogens with zero attached hydrogens (tertiary/aromatic N) is 12. The zero-order valence-corrected chi connectivity index (χ0v) is 38.5. The third kappa shape index (κ3) is 10.5. The maximum absolute atomic E-state index is 14.4. The van der Waals surface area contributed by atoms with Crippen LogP contribution >= 0.6 is 11.6 Å². The predicted octanol–water partition coefficient (Wildman–Crippen LogP) is 8.11. The van der Waals surface area contributed by atoms with Gasteiger partial charge in [0.25, 0.3) is 0 Å². The van der Waals surface area contributed by atoms with Crippen LogP contribution < -0.4 is 39.8 Å². The standard InChI is InChI=1S/C23H21F2N7O2.C13H10ClF2N3O.C10H12N4O/c1-13-10-32(12-28-13)21-19(33-3)7-15(8-26-21)29-23-27-9-20-22(30-23)31(2)18(11-34-20)16-5-4-14(24)6-17(16)25;1-19-10(8-3-2-7(15)4-9(8)16)6-20-11-5-17-13(14)18-12(11)19;1-7-5-14(6-13-7)10-9(15-2)3-8(11)4-12-10/h4-10,12,18H,11H2,1-3H3,(H,27,29,30);2-5,10H,6H2,1H3;3-6H,11H2,1-2H3. The van der Waals surface area contributed by atoms with Crippen LogP contribution in [0, 0.1) is 37.1 Å². The Hall–Kier alpha value is -8.27. The number of likely N-dealkylation sites (N-methyl/N-ethyl adjacent to an activating group) is 2. The van der Waals surface area contributed by atoms with Crippen LogP contribution in [0.1, 0.15) is 34.6 Å². The number of fused-ring (bicyclic) bond motifs is 2. The zero-order valence-electron chi connectivity index (χ0n) is 37.8. The molecule has 0 aliphatic carbocycles. The number of halogens is 5. The second kappa shape index (κ2) is 20.3. The quantitative estimate of drug-likeness (QED) is 0.109. The van der Waals surface area contributed by atoms with Crippen molar-refractivity contribution in [3.05, 3.63) is 149 Å². The molecule has 69 heavy (non-hydrogen) atoms. The molecule has 0 spiro atoms. The number of rotatable bonds is 8. The van der Waals surface area contributed by atoms with Crippen molar-refractivity contribution in [3.63, 3.8) is 0 Å². The van der Waals surface area contributed by atoms with Gasteiger partial charge in [0.1, 0.15) is 49.1 Å². The Balaban J connectivity index is 0.000000155. The number of nitrogens with two attached hydrogens (primary N) is 1. The maximum atomic E-state index is 14.4. The second-order valence-electron chi connectivity index (χ2n) is 15.4. The molecule has 2 aromatic carbocycles. The number of imidazole rings is 2. The second-order valence-corrected chi connectivity index (χ2v) is 15.8. The van der Waals surface area contributed by atoms with Gasteiger partial charge < -0.3 is 39.8 Å². The fraction of sp³-hybridized carbons (Fsp3) is 0.217. The number of nitrogen functional groups attached to an aromatic ring is 1. The van der Waals surface area contributed by atoms with Crippen LogP contribution in [0.4, 0.5) is 46.5 Å². The molecule has 2 aliphatic rings. The summed E-state index contributed by atoms with van der Waals surface area (Å²) < 4.78 is 80.1. The Morgan fingerprint density at radius 1 is 0.638 bits per heavy atom. The minimum Gasteiger partial charge on any atom is -0.493 e. The molecule has 8 heterocycles. The van der Waals surface area contributed by atoms with Crippen molar-refractivity contribution in [2.75, 3.05) is 62.4 Å². The van der Waals surface area contributed by atoms with Crippen molar-refractivity contribution in [2.24, 2.45) is 0 Å². The average molecular weight is 967 g/mol. The number of hydrogen-bond acceptors (Lipinski definition) is 16. The van der Waals surface area contributed by atoms with Crippen LogP contribution in [0.25, 0.3) is 11.6 Å². The lowest BCUT2D eigenvalue weighted by Gasteiger charge is -2.35. The first-order valence-corrected chi connectivity index (χ1v) is 21.2. The van der Waals surface area contributed by atoms with E-state index in [4.69, 9.17) is 36.3 Å². The first-order chi connectivity index (χ1) is 33.2. The van der Waals surface area contributed by atoms with E-state index < -0.39 is 35.4 Å². The van der Waals surface area contributed by atoms with Gasteiger partial charge in [0, 0.05) is 61.9 Å². The third-order valence-electron chi connectivity index (χ3n) is 10.8. The highest BCUT2D eigenvalue weighted by atomic mass is 35.5. The summed E-state index contributed by atoms with van der Waals surface area (Å²) in [5.74, 6) is 2.15. The lowest BCUT2D eigenvalue weighted by atomic mass is 10.0. The number of benzene rings is 2. The highest BCUT2D eigenvalue weighted by Gasteiger charge is 2.31. The van der Waals surface area contributed by atoms with Crippen molar-refractivity contribution < 1.29 is 36.5 Å². The van der Waals surface area contributed by atoms with Gasteiger partial charge in [-0.2, -0.15) is 9.97 Å². The van der Waals surface area contributed by atoms with Gasteiger partial charge in [-0.15, -0.1) is 0 Å². The van der Waals surface area contributed by atoms with E-state index in [1.54, 1.807) is 90.6 Å². The van der Waals surface area contributed by atoms with E-state index in [-0.39, 0.29) is 18.5 Å². The molecule has 0 amide bonds. The van der Waals surface area contributed by atoms with Gasteiger partial charge in [0.05, 0.1) is 73.9 Å². The van der Waals surface area contributed by atoms with Crippen LogP contribution in [0.15, 0.2) is 98.4 Å². The molecule has 0 saturated heterocycles. The fourth-order valence-electron chi connectivity index (χ4n) is 7.32. The normalized spacial score (nSPS) is 14.7. The Kier molecular flexibility index (Phi) is 13.9. The molecule has 3 N–H and O–H groups in total. The van der Waals surface area contributed by atoms with Crippen molar-refractivity contribution in [2.45, 2.75) is 25.9 Å². The lowest BCUT2D eigenvalue weighted by Crippen LogP contribution is -2.35. The predicted molar refractivity (Wildman–Crippen MR) is 248 cm³/mol. The summed E-state index contributed by atoms with van der Waals surface area (Å²) in [6.45, 7) is 4.21. The average Bonchev–Trinajstić information content (AvgIpc) is 3.98. The summed E-state index contributed by atoms with van der Waals surface area (Å²) in [7, 11) is 6.67. The van der Waals surface area contributed by atoms with E-state index in [1.807, 2.05) is 26.2 Å². The summed E-state index contributed by atoms with van der Waals surface area (Å²) >= 11 is 5.76. The first kappa shape index (κ1) is 47.2. The van der Waals surface area contributed by atoms with Crippen LogP contribution in [-0.2, 0) is 0 Å². The van der Waals surface area contributed by atoms with Gasteiger partial charge in [-0.3, -0.25) is 9.13 Å². The minimum atomic E-state index is -0.636. The Morgan fingerprint density at radius 2 is 1.14 bits per heavy atom. The van der Waals surface area contributed by atoms with Gasteiger partial charge in [-0.05, 0) is 37.6 Å². The number of aromatic nitrogens is 10. The summed E-state index contributed by atoms with van der Waals surface area (Å²) in [5, 5.41) is 3.19. The Bertz CT molecular complexity index is 3130. The largest absolute Gasteiger partial charge is 0.493 e. The molecule has 8 aromatic rings. The summed E-state index contributed by atoms with van der Waals surface area (Å²) in [5.41, 5.74) is 9.25. The lowest BCUT2D eigenvalue weighted by molar-refractivity contribution is 0.262. The number of ether oxygens (including phenoxy) is 4. The highest BCUT2D eigenvalue weighted by Crippen LogP contribution is 2.39. The SMILES string of the molecule is CN1c2nc(Cl)ncc2OCC1c1ccc(F)cc1F.COc1cc(N)cnc1-n1cnc(C)c1.COc1cc(Nc2ncc3c(n2)N(C)C(c2ccc(F)cc2F)CO3)cnc1-n1cnc(C)c1. The van der Waals surface area contributed by atoms with E-state index in [0.29, 0.717) is 74.7 Å². The van der Waals surface area contributed by atoms with Crippen LogP contribution in [0.3, 0.4) is 0 Å². The first-order valence-electron chi connectivity index (χ1n) is 20.8. The van der Waals surface area contributed by atoms with Crippen molar-refractivity contribution in [1.82, 2.24) is 49.0 Å². The smallest absolute Gasteiger partial charge is 0.229 e. The topological polar surface area (TPSA) is 194 Å². The number of hydrogen-bond donors (Lipinski definition) is 2. The zero-order chi connectivity index (χ0) is 48.9. The molecule has 2 atom stereocenters. The number of aryl methyl sites for hydroxylation is 2.